The molecule has 0 saturated heterocycles. The van der Waals surface area contributed by atoms with Gasteiger partial charge in [-0.2, -0.15) is 0 Å². The second-order valence-corrected chi connectivity index (χ2v) is 8.62. The number of thiophene rings is 1. The summed E-state index contributed by atoms with van der Waals surface area (Å²) in [5, 5.41) is 6.86. The molecule has 3 rings (SSSR count). The zero-order valence-corrected chi connectivity index (χ0v) is 17.2. The van der Waals surface area contributed by atoms with Crippen LogP contribution in [-0.4, -0.2) is 25.3 Å². The van der Waals surface area contributed by atoms with Gasteiger partial charge in [0.15, 0.2) is 5.78 Å². The van der Waals surface area contributed by atoms with E-state index in [0.717, 1.165) is 13.0 Å². The van der Waals surface area contributed by atoms with Gasteiger partial charge >= 0.3 is 0 Å². The number of ketones is 1. The lowest BCUT2D eigenvalue weighted by Gasteiger charge is -2.14. The second-order valence-electron chi connectivity index (χ2n) is 6.05. The van der Waals surface area contributed by atoms with Crippen molar-refractivity contribution in [2.75, 3.05) is 10.0 Å². The van der Waals surface area contributed by atoms with Crippen molar-refractivity contribution in [2.45, 2.75) is 39.3 Å². The summed E-state index contributed by atoms with van der Waals surface area (Å²) >= 11 is 0.618. The minimum atomic E-state index is -4.68. The highest BCUT2D eigenvalue weighted by Crippen LogP contribution is 2.29. The van der Waals surface area contributed by atoms with E-state index >= 15 is 0 Å². The topological polar surface area (TPSA) is 118 Å². The standard InChI is InChI=1S/C20H21N3O5S2/c1-10-8-11(2)17(15(9-10)14(5)24)21-19(25)18-16(6-7-29-18)30(26,27)23-20-12(3)13(4)22-28-20/h6-9,23H,1-5H3,(H,21,25)/i1D3,2D3,3D3,9D. The van der Waals surface area contributed by atoms with Gasteiger partial charge in [-0.1, -0.05) is 11.2 Å². The number of nitrogens with one attached hydrogen (secondary N) is 2. The Kier molecular flexibility index (Phi) is 3.22. The van der Waals surface area contributed by atoms with Crippen LogP contribution in [0.3, 0.4) is 0 Å². The summed E-state index contributed by atoms with van der Waals surface area (Å²) in [6, 6.07) is 0.875. The number of benzene rings is 1. The fourth-order valence-electron chi connectivity index (χ4n) is 2.44. The molecule has 0 atom stereocenters. The first-order valence-electron chi connectivity index (χ1n) is 13.1. The first-order chi connectivity index (χ1) is 18.1. The number of Topliss-reactive ketones (excluding diaryl/α,β-unsaturated/α-hetero) is 1. The molecule has 30 heavy (non-hydrogen) atoms. The predicted molar refractivity (Wildman–Crippen MR) is 115 cm³/mol. The monoisotopic (exact) mass is 457 g/mol. The zero-order chi connectivity index (χ0) is 30.6. The van der Waals surface area contributed by atoms with Crippen LogP contribution in [0.2, 0.25) is 0 Å². The minimum absolute atomic E-state index is 0.0957. The smallest absolute Gasteiger partial charge is 0.267 e. The van der Waals surface area contributed by atoms with Crippen molar-refractivity contribution in [3.05, 3.63) is 56.4 Å². The number of carbonyl (C=O) groups excluding carboxylic acids is 2. The van der Waals surface area contributed by atoms with Crippen LogP contribution in [-0.2, 0) is 10.0 Å². The Morgan fingerprint density at radius 3 is 2.77 bits per heavy atom. The first-order valence-corrected chi connectivity index (χ1v) is 10.5. The number of amides is 1. The number of hydrogen-bond donors (Lipinski definition) is 2. The Hall–Kier alpha value is -2.98. The largest absolute Gasteiger partial charge is 0.337 e. The van der Waals surface area contributed by atoms with Crippen LogP contribution in [0.1, 0.15) is 63.0 Å². The van der Waals surface area contributed by atoms with E-state index in [9.17, 15) is 18.0 Å². The number of hydrogen-bond acceptors (Lipinski definition) is 7. The fourth-order valence-corrected chi connectivity index (χ4v) is 4.76. The van der Waals surface area contributed by atoms with Gasteiger partial charge in [-0.3, -0.25) is 9.59 Å². The lowest BCUT2D eigenvalue weighted by atomic mass is 10.0. The molecule has 0 bridgehead atoms. The summed E-state index contributed by atoms with van der Waals surface area (Å²) in [4.78, 5) is 24.6. The molecular weight excluding hydrogens is 426 g/mol. The lowest BCUT2D eigenvalue weighted by molar-refractivity contribution is 0.101. The molecule has 0 unspecified atom stereocenters. The normalized spacial score (nSPS) is 17.5. The van der Waals surface area contributed by atoms with Crippen LogP contribution in [0.4, 0.5) is 11.6 Å². The van der Waals surface area contributed by atoms with Crippen LogP contribution >= 0.6 is 11.3 Å². The number of nitrogens with zero attached hydrogens (tertiary/aromatic N) is 1. The number of anilines is 2. The Morgan fingerprint density at radius 2 is 2.10 bits per heavy atom. The van der Waals surface area contributed by atoms with Gasteiger partial charge < -0.3 is 9.84 Å². The molecule has 0 aliphatic rings. The molecule has 10 heteroatoms. The second kappa shape index (κ2) is 8.04. The molecule has 2 heterocycles. The number of carbonyl (C=O) groups is 2. The highest BCUT2D eigenvalue weighted by molar-refractivity contribution is 7.93. The van der Waals surface area contributed by atoms with E-state index in [1.54, 1.807) is 0 Å². The van der Waals surface area contributed by atoms with Gasteiger partial charge in [0.05, 0.1) is 12.8 Å². The molecule has 3 aromatic rings. The summed E-state index contributed by atoms with van der Waals surface area (Å²) in [5.41, 5.74) is -3.42. The van der Waals surface area contributed by atoms with Gasteiger partial charge in [0, 0.05) is 23.5 Å². The summed E-state index contributed by atoms with van der Waals surface area (Å²) in [6.07, 6.45) is 0. The van der Waals surface area contributed by atoms with Crippen LogP contribution < -0.4 is 10.0 Å². The maximum Gasteiger partial charge on any atom is 0.267 e. The molecule has 1 aromatic carbocycles. The first kappa shape index (κ1) is 12.0. The van der Waals surface area contributed by atoms with Crippen molar-refractivity contribution in [3.63, 3.8) is 0 Å². The van der Waals surface area contributed by atoms with E-state index < -0.39 is 91.9 Å². The predicted octanol–water partition coefficient (Wildman–Crippen LogP) is 4.23. The van der Waals surface area contributed by atoms with Gasteiger partial charge in [-0.05, 0) is 63.0 Å². The van der Waals surface area contributed by atoms with Crippen LogP contribution in [0.5, 0.6) is 0 Å². The van der Waals surface area contributed by atoms with Crippen molar-refractivity contribution >= 4 is 44.6 Å². The van der Waals surface area contributed by atoms with E-state index in [2.05, 4.69) is 10.5 Å². The van der Waals surface area contributed by atoms with Gasteiger partial charge in [0.2, 0.25) is 5.88 Å². The van der Waals surface area contributed by atoms with E-state index in [1.165, 1.54) is 12.3 Å². The van der Waals surface area contributed by atoms with Crippen molar-refractivity contribution in [3.8, 4) is 0 Å². The Bertz CT molecular complexity index is 1600. The SMILES string of the molecule is [2H]c1c(C([2H])([2H])[2H])cc(C([2H])([2H])[2H])c(NC(=O)c2sccc2S(=O)(=O)Nc2onc(C)c2C([2H])([2H])[2H])c1C(C)=O. The van der Waals surface area contributed by atoms with Crippen molar-refractivity contribution in [2.24, 2.45) is 0 Å². The molecule has 0 radical (unpaired) electrons. The minimum Gasteiger partial charge on any atom is -0.337 e. The molecule has 0 aliphatic carbocycles. The van der Waals surface area contributed by atoms with Crippen LogP contribution in [0, 0.1) is 27.5 Å². The number of sulfonamides is 1. The third-order valence-corrected chi connectivity index (χ3v) is 6.29. The number of aryl methyl sites for hydroxylation is 3. The van der Waals surface area contributed by atoms with Gasteiger partial charge in [-0.15, -0.1) is 11.3 Å². The lowest BCUT2D eigenvalue weighted by Crippen LogP contribution is -2.20. The fraction of sp³-hybridized carbons (Fsp3) is 0.250. The van der Waals surface area contributed by atoms with Gasteiger partial charge in [0.25, 0.3) is 15.9 Å². The molecule has 2 N–H and O–H groups in total. The maximum atomic E-state index is 13.3. The van der Waals surface area contributed by atoms with Crippen molar-refractivity contribution in [1.29, 1.82) is 0 Å². The zero-order valence-electron chi connectivity index (χ0n) is 25.5. The molecule has 2 aromatic heterocycles. The third-order valence-electron chi connectivity index (χ3n) is 3.87. The Labute approximate surface area is 192 Å². The highest BCUT2D eigenvalue weighted by Gasteiger charge is 2.27. The Balaban J connectivity index is 2.12. The molecule has 158 valence electrons. The average Bonchev–Trinajstić information content (AvgIpc) is 3.38. The third kappa shape index (κ3) is 4.14. The summed E-state index contributed by atoms with van der Waals surface area (Å²) in [7, 11) is -4.68. The maximum absolute atomic E-state index is 13.3. The molecule has 0 fully saturated rings. The Morgan fingerprint density at radius 1 is 1.30 bits per heavy atom. The highest BCUT2D eigenvalue weighted by atomic mass is 32.2. The summed E-state index contributed by atoms with van der Waals surface area (Å²) < 4.78 is 111. The van der Waals surface area contributed by atoms with E-state index in [-0.39, 0.29) is 5.69 Å². The van der Waals surface area contributed by atoms with E-state index in [1.807, 2.05) is 4.72 Å². The molecule has 0 aliphatic heterocycles. The molecule has 1 amide bonds. The molecule has 0 saturated carbocycles. The van der Waals surface area contributed by atoms with Crippen LogP contribution in [0.25, 0.3) is 0 Å². The van der Waals surface area contributed by atoms with Crippen molar-refractivity contribution in [1.82, 2.24) is 5.16 Å². The molecule has 0 spiro atoms. The van der Waals surface area contributed by atoms with Crippen LogP contribution in [0.15, 0.2) is 33.0 Å². The number of rotatable bonds is 6. The van der Waals surface area contributed by atoms with Gasteiger partial charge in [-0.25, -0.2) is 13.1 Å². The molecular formula is C20H21N3O5S2. The van der Waals surface area contributed by atoms with E-state index in [4.69, 9.17) is 18.2 Å². The van der Waals surface area contributed by atoms with Crippen molar-refractivity contribution < 1.29 is 36.2 Å². The quantitative estimate of drug-likeness (QED) is 0.535. The molecule has 8 nitrogen and oxygen atoms in total. The van der Waals surface area contributed by atoms with Gasteiger partial charge in [0.1, 0.15) is 9.77 Å². The summed E-state index contributed by atoms with van der Waals surface area (Å²) in [5.74, 6) is -2.82. The summed E-state index contributed by atoms with van der Waals surface area (Å²) in [6.45, 7) is -6.57. The average molecular weight is 458 g/mol. The number of aromatic nitrogens is 1. The van der Waals surface area contributed by atoms with E-state index in [0.29, 0.717) is 17.4 Å².